The molecule has 56 valence electrons. The molecule has 0 aliphatic heterocycles. The van der Waals surface area contributed by atoms with E-state index in [1.807, 2.05) is 0 Å². The Balaban J connectivity index is 0. The van der Waals surface area contributed by atoms with Gasteiger partial charge in [0.05, 0.1) is 0 Å². The standard InChI is InChI=1S/2C4H5Cl/c2*1-2-3-4-5/h2*2-4H,1H2. The van der Waals surface area contributed by atoms with Crippen molar-refractivity contribution in [2.24, 2.45) is 0 Å². The minimum absolute atomic E-state index is 1.41. The Morgan fingerprint density at radius 1 is 0.800 bits per heavy atom. The van der Waals surface area contributed by atoms with Crippen molar-refractivity contribution in [1.29, 1.82) is 0 Å². The van der Waals surface area contributed by atoms with Gasteiger partial charge in [-0.25, -0.2) is 0 Å². The van der Waals surface area contributed by atoms with Crippen molar-refractivity contribution in [3.63, 3.8) is 0 Å². The summed E-state index contributed by atoms with van der Waals surface area (Å²) in [5, 5.41) is 0. The van der Waals surface area contributed by atoms with Crippen LogP contribution in [-0.2, 0) is 0 Å². The van der Waals surface area contributed by atoms with Gasteiger partial charge in [0.15, 0.2) is 0 Å². The van der Waals surface area contributed by atoms with Crippen LogP contribution >= 0.6 is 23.2 Å². The van der Waals surface area contributed by atoms with Crippen molar-refractivity contribution >= 4 is 23.2 Å². The Morgan fingerprint density at radius 3 is 1.10 bits per heavy atom. The third-order valence-electron chi connectivity index (χ3n) is 0.418. The van der Waals surface area contributed by atoms with Crippen molar-refractivity contribution in [1.82, 2.24) is 0 Å². The molecule has 0 aromatic heterocycles. The van der Waals surface area contributed by atoms with Gasteiger partial charge in [-0.05, 0) is 0 Å². The average Bonchev–Trinajstić information content (AvgIpc) is 1.93. The van der Waals surface area contributed by atoms with Gasteiger partial charge >= 0.3 is 0 Å². The Labute approximate surface area is 72.1 Å². The molecule has 0 fully saturated rings. The van der Waals surface area contributed by atoms with Gasteiger partial charge in [0.1, 0.15) is 0 Å². The molecule has 2 heteroatoms. The molecule has 0 atom stereocenters. The summed E-state index contributed by atoms with van der Waals surface area (Å²) in [6.07, 6.45) is 6.54. The van der Waals surface area contributed by atoms with E-state index in [2.05, 4.69) is 13.2 Å². The minimum Gasteiger partial charge on any atom is -0.0990 e. The Hall–Kier alpha value is -0.460. The summed E-state index contributed by atoms with van der Waals surface area (Å²) in [6, 6.07) is 0. The molecule has 0 spiro atoms. The molecule has 0 bridgehead atoms. The molecule has 0 saturated carbocycles. The van der Waals surface area contributed by atoms with Crippen LogP contribution in [0.25, 0.3) is 0 Å². The summed E-state index contributed by atoms with van der Waals surface area (Å²) in [4.78, 5) is 0. The summed E-state index contributed by atoms with van der Waals surface area (Å²) >= 11 is 10.1. The lowest BCUT2D eigenvalue weighted by atomic mass is 10.6. The quantitative estimate of drug-likeness (QED) is 0.562. The fraction of sp³-hybridized carbons (Fsp3) is 0. The fourth-order valence-electron chi connectivity index (χ4n) is 0.103. The van der Waals surface area contributed by atoms with Gasteiger partial charge in [-0.15, -0.1) is 0 Å². The maximum absolute atomic E-state index is 5.05. The Kier molecular flexibility index (Phi) is 19.4. The molecular formula is C8H10Cl2. The highest BCUT2D eigenvalue weighted by molar-refractivity contribution is 6.25. The second-order valence-corrected chi connectivity index (χ2v) is 1.61. The molecule has 0 saturated heterocycles. The van der Waals surface area contributed by atoms with Gasteiger partial charge in [0.2, 0.25) is 0 Å². The zero-order valence-corrected chi connectivity index (χ0v) is 7.15. The highest BCUT2D eigenvalue weighted by Gasteiger charge is 1.44. The highest BCUT2D eigenvalue weighted by atomic mass is 35.5. The van der Waals surface area contributed by atoms with Crippen molar-refractivity contribution < 1.29 is 0 Å². The number of halogens is 2. The molecule has 0 aliphatic rings. The van der Waals surface area contributed by atoms with E-state index in [0.29, 0.717) is 0 Å². The lowest BCUT2D eigenvalue weighted by Gasteiger charge is -1.53. The summed E-state index contributed by atoms with van der Waals surface area (Å²) in [7, 11) is 0. The minimum atomic E-state index is 1.41. The summed E-state index contributed by atoms with van der Waals surface area (Å²) in [5.74, 6) is 0. The van der Waals surface area contributed by atoms with E-state index in [1.54, 1.807) is 24.3 Å². The normalized spacial score (nSPS) is 9.00. The molecule has 0 aromatic rings. The molecule has 0 aromatic carbocycles. The highest BCUT2D eigenvalue weighted by Crippen LogP contribution is 1.74. The van der Waals surface area contributed by atoms with Crippen molar-refractivity contribution in [3.05, 3.63) is 48.5 Å². The predicted molar refractivity (Wildman–Crippen MR) is 50.4 cm³/mol. The van der Waals surface area contributed by atoms with Crippen LogP contribution in [0.4, 0.5) is 0 Å². The molecule has 0 amide bonds. The first-order chi connectivity index (χ1) is 4.83. The number of allylic oxidation sites excluding steroid dienone is 4. The first kappa shape index (κ1) is 12.2. The van der Waals surface area contributed by atoms with Gasteiger partial charge in [-0.1, -0.05) is 60.7 Å². The molecule has 0 N–H and O–H groups in total. The first-order valence-electron chi connectivity index (χ1n) is 2.59. The van der Waals surface area contributed by atoms with Crippen LogP contribution < -0.4 is 0 Å². The Bertz CT molecular complexity index is 107. The van der Waals surface area contributed by atoms with Crippen LogP contribution in [0.15, 0.2) is 48.5 Å². The fourth-order valence-corrected chi connectivity index (χ4v) is 0.309. The second kappa shape index (κ2) is 15.8. The lowest BCUT2D eigenvalue weighted by Crippen LogP contribution is -1.29. The Morgan fingerprint density at radius 2 is 1.10 bits per heavy atom. The second-order valence-electron chi connectivity index (χ2n) is 1.11. The third kappa shape index (κ3) is 25.7. The van der Waals surface area contributed by atoms with Crippen LogP contribution in [0.5, 0.6) is 0 Å². The van der Waals surface area contributed by atoms with E-state index in [0.717, 1.165) is 0 Å². The topological polar surface area (TPSA) is 0 Å². The number of rotatable bonds is 2. The molecule has 0 nitrogen and oxygen atoms in total. The van der Waals surface area contributed by atoms with Crippen molar-refractivity contribution in [2.75, 3.05) is 0 Å². The lowest BCUT2D eigenvalue weighted by molar-refractivity contribution is 2.11. The largest absolute Gasteiger partial charge is 0.0990 e. The predicted octanol–water partition coefficient (Wildman–Crippen LogP) is 3.85. The van der Waals surface area contributed by atoms with E-state index >= 15 is 0 Å². The number of hydrogen-bond donors (Lipinski definition) is 0. The number of hydrogen-bond acceptors (Lipinski definition) is 0. The zero-order valence-electron chi connectivity index (χ0n) is 5.63. The molecule has 0 unspecified atom stereocenters. The molecule has 0 heterocycles. The van der Waals surface area contributed by atoms with Crippen LogP contribution in [0.2, 0.25) is 0 Å². The van der Waals surface area contributed by atoms with Gasteiger partial charge in [-0.3, -0.25) is 0 Å². The van der Waals surface area contributed by atoms with Crippen molar-refractivity contribution in [3.8, 4) is 0 Å². The van der Waals surface area contributed by atoms with Crippen LogP contribution in [0.3, 0.4) is 0 Å². The van der Waals surface area contributed by atoms with E-state index in [1.165, 1.54) is 11.1 Å². The van der Waals surface area contributed by atoms with Crippen LogP contribution in [0, 0.1) is 0 Å². The maximum Gasteiger partial charge on any atom is 0.00422 e. The van der Waals surface area contributed by atoms with E-state index < -0.39 is 0 Å². The third-order valence-corrected chi connectivity index (χ3v) is 0.709. The first-order valence-corrected chi connectivity index (χ1v) is 3.46. The van der Waals surface area contributed by atoms with Gasteiger partial charge in [-0.2, -0.15) is 0 Å². The summed E-state index contributed by atoms with van der Waals surface area (Å²) in [6.45, 7) is 6.76. The summed E-state index contributed by atoms with van der Waals surface area (Å²) < 4.78 is 0. The molecule has 0 rings (SSSR count). The van der Waals surface area contributed by atoms with Gasteiger partial charge in [0, 0.05) is 11.1 Å². The van der Waals surface area contributed by atoms with E-state index in [4.69, 9.17) is 23.2 Å². The molecular weight excluding hydrogens is 167 g/mol. The molecule has 0 aliphatic carbocycles. The van der Waals surface area contributed by atoms with E-state index in [9.17, 15) is 0 Å². The molecule has 0 radical (unpaired) electrons. The SMILES string of the molecule is C=CC=CCl.C=CC=CCl. The zero-order chi connectivity index (χ0) is 8.24. The van der Waals surface area contributed by atoms with Gasteiger partial charge < -0.3 is 0 Å². The summed E-state index contributed by atoms with van der Waals surface area (Å²) in [5.41, 5.74) is 2.82. The molecule has 10 heavy (non-hydrogen) atoms. The van der Waals surface area contributed by atoms with Crippen molar-refractivity contribution in [2.45, 2.75) is 0 Å². The smallest absolute Gasteiger partial charge is 0.00422 e. The average molecular weight is 177 g/mol. The van der Waals surface area contributed by atoms with Gasteiger partial charge in [0.25, 0.3) is 0 Å². The van der Waals surface area contributed by atoms with Crippen LogP contribution in [0.1, 0.15) is 0 Å². The maximum atomic E-state index is 5.05. The van der Waals surface area contributed by atoms with Crippen LogP contribution in [-0.4, -0.2) is 0 Å². The monoisotopic (exact) mass is 176 g/mol. The van der Waals surface area contributed by atoms with E-state index in [-0.39, 0.29) is 0 Å².